The van der Waals surface area contributed by atoms with Crippen molar-refractivity contribution in [2.75, 3.05) is 6.61 Å². The first-order valence-corrected chi connectivity index (χ1v) is 7.83. The maximum atomic E-state index is 12.1. The molecule has 0 fully saturated rings. The zero-order valence-corrected chi connectivity index (χ0v) is 14.0. The van der Waals surface area contributed by atoms with Crippen molar-refractivity contribution < 1.29 is 14.3 Å². The molecule has 3 rings (SSSR count). The van der Waals surface area contributed by atoms with Gasteiger partial charge in [0.15, 0.2) is 6.61 Å². The van der Waals surface area contributed by atoms with Crippen molar-refractivity contribution in [3.63, 3.8) is 0 Å². The molecule has 7 nitrogen and oxygen atoms in total. The predicted molar refractivity (Wildman–Crippen MR) is 92.6 cm³/mol. The minimum Gasteiger partial charge on any atom is -0.482 e. The fourth-order valence-corrected chi connectivity index (χ4v) is 2.30. The van der Waals surface area contributed by atoms with Crippen LogP contribution in [0.25, 0.3) is 5.65 Å². The van der Waals surface area contributed by atoms with Gasteiger partial charge in [0.25, 0.3) is 5.56 Å². The van der Waals surface area contributed by atoms with Crippen molar-refractivity contribution in [3.05, 3.63) is 75.8 Å². The third-order valence-corrected chi connectivity index (χ3v) is 3.58. The van der Waals surface area contributed by atoms with Crippen LogP contribution in [0.2, 0.25) is 0 Å². The number of aromatic nitrogens is 2. The Hall–Kier alpha value is -3.66. The molecule has 2 aromatic heterocycles. The molecule has 0 unspecified atom stereocenters. The highest BCUT2D eigenvalue weighted by molar-refractivity contribution is 5.71. The van der Waals surface area contributed by atoms with E-state index in [0.717, 1.165) is 5.56 Å². The normalized spacial score (nSPS) is 10.3. The molecule has 0 saturated carbocycles. The van der Waals surface area contributed by atoms with Crippen molar-refractivity contribution >= 4 is 11.6 Å². The summed E-state index contributed by atoms with van der Waals surface area (Å²) in [6.45, 7) is 1.49. The topological polar surface area (TPSA) is 93.7 Å². The average molecular weight is 349 g/mol. The van der Waals surface area contributed by atoms with E-state index in [1.807, 2.05) is 19.1 Å². The van der Waals surface area contributed by atoms with Crippen LogP contribution in [0.3, 0.4) is 0 Å². The van der Waals surface area contributed by atoms with Crippen LogP contribution >= 0.6 is 0 Å². The molecule has 3 aromatic rings. The first-order valence-electron chi connectivity index (χ1n) is 7.83. The Kier molecular flexibility index (Phi) is 4.94. The summed E-state index contributed by atoms with van der Waals surface area (Å²) < 4.78 is 11.8. The molecule has 0 bridgehead atoms. The number of hydrogen-bond acceptors (Lipinski definition) is 6. The minimum atomic E-state index is -0.583. The van der Waals surface area contributed by atoms with Crippen LogP contribution in [0, 0.1) is 18.3 Å². The van der Waals surface area contributed by atoms with Gasteiger partial charge < -0.3 is 9.47 Å². The van der Waals surface area contributed by atoms with E-state index in [4.69, 9.17) is 14.7 Å². The van der Waals surface area contributed by atoms with E-state index in [1.165, 1.54) is 10.5 Å². The number of aryl methyl sites for hydroxylation is 1. The van der Waals surface area contributed by atoms with E-state index >= 15 is 0 Å². The molecule has 0 atom stereocenters. The maximum absolute atomic E-state index is 12.1. The monoisotopic (exact) mass is 349 g/mol. The van der Waals surface area contributed by atoms with Crippen LogP contribution in [0.5, 0.6) is 5.75 Å². The van der Waals surface area contributed by atoms with Gasteiger partial charge in [0.1, 0.15) is 18.0 Å². The lowest BCUT2D eigenvalue weighted by Gasteiger charge is -2.08. The predicted octanol–water partition coefficient (Wildman–Crippen LogP) is 2.00. The van der Waals surface area contributed by atoms with Crippen LogP contribution in [0.4, 0.5) is 0 Å². The standard InChI is InChI=1S/C19H15N3O4/c1-13-2-7-17-21-15(8-18(23)22(17)10-13)11-26-19(24)12-25-16-5-3-14(9-20)4-6-16/h2-8,10H,11-12H2,1H3. The molecule has 0 aliphatic rings. The number of rotatable bonds is 5. The first kappa shape index (κ1) is 17.2. The number of nitriles is 1. The Morgan fingerprint density at radius 2 is 2.00 bits per heavy atom. The van der Waals surface area contributed by atoms with Crippen LogP contribution in [-0.4, -0.2) is 22.0 Å². The number of hydrogen-bond donors (Lipinski definition) is 0. The lowest BCUT2D eigenvalue weighted by atomic mass is 10.2. The largest absolute Gasteiger partial charge is 0.482 e. The van der Waals surface area contributed by atoms with Crippen molar-refractivity contribution in [1.82, 2.24) is 9.38 Å². The molecule has 0 aliphatic heterocycles. The quantitative estimate of drug-likeness (QED) is 0.654. The summed E-state index contributed by atoms with van der Waals surface area (Å²) >= 11 is 0. The van der Waals surface area contributed by atoms with Crippen LogP contribution in [-0.2, 0) is 16.1 Å². The molecule has 0 saturated heterocycles. The molecule has 7 heteroatoms. The van der Waals surface area contributed by atoms with Gasteiger partial charge >= 0.3 is 5.97 Å². The third-order valence-electron chi connectivity index (χ3n) is 3.58. The molecule has 0 aliphatic carbocycles. The zero-order chi connectivity index (χ0) is 18.5. The van der Waals surface area contributed by atoms with E-state index in [-0.39, 0.29) is 18.8 Å². The molecule has 0 N–H and O–H groups in total. The summed E-state index contributed by atoms with van der Waals surface area (Å²) in [6.07, 6.45) is 1.70. The van der Waals surface area contributed by atoms with Crippen molar-refractivity contribution in [3.8, 4) is 11.8 Å². The second-order valence-corrected chi connectivity index (χ2v) is 5.61. The van der Waals surface area contributed by atoms with Gasteiger partial charge in [-0.05, 0) is 42.8 Å². The van der Waals surface area contributed by atoms with E-state index in [1.54, 1.807) is 36.5 Å². The minimum absolute atomic E-state index is 0.116. The van der Waals surface area contributed by atoms with E-state index in [9.17, 15) is 9.59 Å². The Morgan fingerprint density at radius 1 is 1.23 bits per heavy atom. The highest BCUT2D eigenvalue weighted by Gasteiger charge is 2.08. The summed E-state index contributed by atoms with van der Waals surface area (Å²) in [5.41, 5.74) is 2.07. The summed E-state index contributed by atoms with van der Waals surface area (Å²) in [5, 5.41) is 8.73. The van der Waals surface area contributed by atoms with E-state index in [0.29, 0.717) is 22.7 Å². The molecule has 0 radical (unpaired) electrons. The average Bonchev–Trinajstić information content (AvgIpc) is 2.65. The maximum Gasteiger partial charge on any atom is 0.344 e. The van der Waals surface area contributed by atoms with Gasteiger partial charge in [-0.15, -0.1) is 0 Å². The first-order chi connectivity index (χ1) is 12.5. The van der Waals surface area contributed by atoms with Gasteiger partial charge in [-0.2, -0.15) is 5.26 Å². The van der Waals surface area contributed by atoms with E-state index in [2.05, 4.69) is 4.98 Å². The lowest BCUT2D eigenvalue weighted by Crippen LogP contribution is -2.18. The van der Waals surface area contributed by atoms with Crippen molar-refractivity contribution in [2.24, 2.45) is 0 Å². The molecule has 26 heavy (non-hydrogen) atoms. The summed E-state index contributed by atoms with van der Waals surface area (Å²) in [6, 6.07) is 13.3. The number of benzene rings is 1. The Bertz CT molecular complexity index is 1050. The molecule has 130 valence electrons. The molecule has 1 aromatic carbocycles. The molecule has 0 spiro atoms. The van der Waals surface area contributed by atoms with Gasteiger partial charge in [0.2, 0.25) is 0 Å². The van der Waals surface area contributed by atoms with Crippen molar-refractivity contribution in [1.29, 1.82) is 5.26 Å². The summed E-state index contributed by atoms with van der Waals surface area (Å²) in [5.74, 6) is -0.126. The van der Waals surface area contributed by atoms with Crippen LogP contribution in [0.15, 0.2) is 53.5 Å². The van der Waals surface area contributed by atoms with Crippen molar-refractivity contribution in [2.45, 2.75) is 13.5 Å². The van der Waals surface area contributed by atoms with E-state index < -0.39 is 5.97 Å². The van der Waals surface area contributed by atoms with Gasteiger partial charge in [0.05, 0.1) is 17.3 Å². The zero-order valence-electron chi connectivity index (χ0n) is 14.0. The fraction of sp³-hybridized carbons (Fsp3) is 0.158. The number of carbonyl (C=O) groups excluding carboxylic acids is 1. The molecular weight excluding hydrogens is 334 g/mol. The Balaban J connectivity index is 1.59. The third kappa shape index (κ3) is 4.05. The fourth-order valence-electron chi connectivity index (χ4n) is 2.30. The second kappa shape index (κ2) is 7.49. The highest BCUT2D eigenvalue weighted by Crippen LogP contribution is 2.11. The number of fused-ring (bicyclic) bond motifs is 1. The number of ether oxygens (including phenoxy) is 2. The number of esters is 1. The van der Waals surface area contributed by atoms with Crippen LogP contribution in [0.1, 0.15) is 16.8 Å². The van der Waals surface area contributed by atoms with Gasteiger partial charge in [-0.1, -0.05) is 6.07 Å². The lowest BCUT2D eigenvalue weighted by molar-refractivity contribution is -0.147. The SMILES string of the molecule is Cc1ccc2nc(COC(=O)COc3ccc(C#N)cc3)cc(=O)n2c1. The number of pyridine rings is 1. The Labute approximate surface area is 149 Å². The van der Waals surface area contributed by atoms with Gasteiger partial charge in [0, 0.05) is 12.3 Å². The highest BCUT2D eigenvalue weighted by atomic mass is 16.6. The Morgan fingerprint density at radius 3 is 2.73 bits per heavy atom. The molecular formula is C19H15N3O4. The number of nitrogens with zero attached hydrogens (tertiary/aromatic N) is 3. The molecule has 2 heterocycles. The molecule has 0 amide bonds. The second-order valence-electron chi connectivity index (χ2n) is 5.61. The summed E-state index contributed by atoms with van der Waals surface area (Å²) in [4.78, 5) is 28.2. The van der Waals surface area contributed by atoms with Gasteiger partial charge in [-0.25, -0.2) is 9.78 Å². The smallest absolute Gasteiger partial charge is 0.344 e. The van der Waals surface area contributed by atoms with Crippen LogP contribution < -0.4 is 10.3 Å². The van der Waals surface area contributed by atoms with Gasteiger partial charge in [-0.3, -0.25) is 9.20 Å². The summed E-state index contributed by atoms with van der Waals surface area (Å²) in [7, 11) is 0. The number of carbonyl (C=O) groups is 1.